The number of fused-ring (bicyclic) bond motifs is 2. The average Bonchev–Trinajstić information content (AvgIpc) is 3.30. The van der Waals surface area contributed by atoms with E-state index in [1.165, 1.54) is 48.5 Å². The first-order chi connectivity index (χ1) is 31.9. The summed E-state index contributed by atoms with van der Waals surface area (Å²) in [5.74, 6) is -11.4. The van der Waals surface area contributed by atoms with Gasteiger partial charge in [0, 0.05) is 16.7 Å². The summed E-state index contributed by atoms with van der Waals surface area (Å²) >= 11 is 0. The molecule has 354 valence electrons. The van der Waals surface area contributed by atoms with Gasteiger partial charge < -0.3 is 18.9 Å². The summed E-state index contributed by atoms with van der Waals surface area (Å²) in [5, 5.41) is -1.07. The van der Waals surface area contributed by atoms with Crippen molar-refractivity contribution in [1.29, 1.82) is 0 Å². The van der Waals surface area contributed by atoms with Crippen molar-refractivity contribution in [2.45, 2.75) is 104 Å². The maximum atomic E-state index is 15.4. The van der Waals surface area contributed by atoms with Crippen LogP contribution in [0.2, 0.25) is 0 Å². The molecule has 0 radical (unpaired) electrons. The Bertz CT molecular complexity index is 2600. The van der Waals surface area contributed by atoms with Crippen molar-refractivity contribution in [2.24, 2.45) is 5.92 Å². The first kappa shape index (κ1) is 49.8. The fourth-order valence-electron chi connectivity index (χ4n) is 8.35. The predicted octanol–water partition coefficient (Wildman–Crippen LogP) is 16.5. The van der Waals surface area contributed by atoms with Gasteiger partial charge in [0.25, 0.3) is 0 Å². The van der Waals surface area contributed by atoms with Gasteiger partial charge in [-0.15, -0.1) is 0 Å². The van der Waals surface area contributed by atoms with Gasteiger partial charge in [-0.3, -0.25) is 0 Å². The highest BCUT2D eigenvalue weighted by Gasteiger charge is 2.24. The molecule has 0 fully saturated rings. The lowest BCUT2D eigenvalue weighted by molar-refractivity contribution is 0.284. The lowest BCUT2D eigenvalue weighted by Gasteiger charge is -2.15. The van der Waals surface area contributed by atoms with E-state index in [-0.39, 0.29) is 64.7 Å². The Morgan fingerprint density at radius 3 is 1.35 bits per heavy atom. The van der Waals surface area contributed by atoms with Crippen molar-refractivity contribution < 1.29 is 58.5 Å². The van der Waals surface area contributed by atoms with Gasteiger partial charge in [-0.1, -0.05) is 108 Å². The number of halogens is 9. The Morgan fingerprint density at radius 2 is 0.818 bits per heavy atom. The van der Waals surface area contributed by atoms with Crippen molar-refractivity contribution in [1.82, 2.24) is 0 Å². The second kappa shape index (κ2) is 23.7. The summed E-state index contributed by atoms with van der Waals surface area (Å²) in [5.41, 5.74) is -0.762. The molecule has 6 rings (SSSR count). The predicted molar refractivity (Wildman–Crippen MR) is 241 cm³/mol. The second-order valence-corrected chi connectivity index (χ2v) is 16.4. The molecule has 0 bridgehead atoms. The molecule has 0 N–H and O–H groups in total. The van der Waals surface area contributed by atoms with Crippen molar-refractivity contribution in [3.05, 3.63) is 119 Å². The summed E-state index contributed by atoms with van der Waals surface area (Å²) in [4.78, 5) is 0. The number of ether oxygens (including phenoxy) is 4. The van der Waals surface area contributed by atoms with Gasteiger partial charge in [0.15, 0.2) is 46.3 Å². The summed E-state index contributed by atoms with van der Waals surface area (Å²) in [7, 11) is 0. The summed E-state index contributed by atoms with van der Waals surface area (Å²) in [6.07, 6.45) is 12.9. The number of hydrogen-bond donors (Lipinski definition) is 0. The maximum Gasteiger partial charge on any atom is 0.201 e. The molecule has 0 saturated heterocycles. The van der Waals surface area contributed by atoms with Gasteiger partial charge in [-0.2, -0.15) is 13.2 Å². The van der Waals surface area contributed by atoms with E-state index in [2.05, 4.69) is 6.92 Å². The van der Waals surface area contributed by atoms with Crippen LogP contribution in [0.1, 0.15) is 104 Å². The SMILES string of the molecule is CCOc1cc2ccc(-c3ccc(OCCCCCCCC(CC)CCCCCCCOc4ccc(-c5ccc6cc(OCC)c(F)c(F)c6c5F)c(F)c4F)c(F)c3)c(F)c2c(F)c1F. The van der Waals surface area contributed by atoms with Crippen molar-refractivity contribution in [3.8, 4) is 45.3 Å². The number of unbranched alkanes of at least 4 members (excludes halogenated alkanes) is 8. The van der Waals surface area contributed by atoms with E-state index in [1.807, 2.05) is 0 Å². The highest BCUT2D eigenvalue weighted by atomic mass is 19.2. The van der Waals surface area contributed by atoms with Gasteiger partial charge in [-0.25, -0.2) is 26.3 Å². The molecular formula is C53H55F9O4. The van der Waals surface area contributed by atoms with Gasteiger partial charge in [-0.05, 0) is 85.3 Å². The van der Waals surface area contributed by atoms with Gasteiger partial charge in [0.2, 0.25) is 17.5 Å². The zero-order valence-corrected chi connectivity index (χ0v) is 37.5. The molecule has 4 nitrogen and oxygen atoms in total. The molecule has 0 amide bonds. The van der Waals surface area contributed by atoms with Crippen LogP contribution < -0.4 is 18.9 Å². The van der Waals surface area contributed by atoms with E-state index < -0.39 is 74.3 Å². The minimum Gasteiger partial charge on any atom is -0.491 e. The molecule has 0 saturated carbocycles. The Morgan fingerprint density at radius 1 is 0.379 bits per heavy atom. The Hall–Kier alpha value is -5.59. The maximum absolute atomic E-state index is 15.4. The van der Waals surface area contributed by atoms with E-state index in [9.17, 15) is 22.0 Å². The minimum absolute atomic E-state index is 0.0131. The minimum atomic E-state index is -1.48. The first-order valence-corrected chi connectivity index (χ1v) is 22.9. The van der Waals surface area contributed by atoms with E-state index in [4.69, 9.17) is 18.9 Å². The first-order valence-electron chi connectivity index (χ1n) is 22.9. The fraction of sp³-hybridized carbons (Fsp3) is 0.396. The number of hydrogen-bond acceptors (Lipinski definition) is 4. The Balaban J connectivity index is 0.836. The molecule has 6 aromatic carbocycles. The third-order valence-electron chi connectivity index (χ3n) is 12.0. The van der Waals surface area contributed by atoms with Crippen LogP contribution in [0, 0.1) is 58.3 Å². The molecule has 0 aliphatic rings. The van der Waals surface area contributed by atoms with Crippen LogP contribution in [-0.2, 0) is 0 Å². The largest absolute Gasteiger partial charge is 0.491 e. The summed E-state index contributed by atoms with van der Waals surface area (Å²) < 4.78 is 156. The zero-order valence-electron chi connectivity index (χ0n) is 37.5. The molecule has 1 unspecified atom stereocenters. The number of rotatable bonds is 25. The Labute approximate surface area is 380 Å². The van der Waals surface area contributed by atoms with Gasteiger partial charge >= 0.3 is 0 Å². The standard InChI is InChI=1S/C53H55F9O4/c1-4-32(17-13-9-7-11-15-27-65-40-25-21-33(29-39(40)54)36-22-19-34-30-42(63-5-2)50(59)52(61)44(34)46(36)55)18-14-10-8-12-16-28-66-41-26-24-38(48(57)49(41)58)37-23-20-35-31-43(64-6-3)51(60)53(62)45(35)47(37)56/h19-26,29-32H,4-18,27-28H2,1-3H3. The lowest BCUT2D eigenvalue weighted by atomic mass is 9.92. The Kier molecular flexibility index (Phi) is 17.9. The number of benzene rings is 6. The monoisotopic (exact) mass is 926 g/mol. The van der Waals surface area contributed by atoms with Crippen molar-refractivity contribution in [3.63, 3.8) is 0 Å². The normalized spacial score (nSPS) is 12.0. The quantitative estimate of drug-likeness (QED) is 0.0423. The molecule has 0 heterocycles. The van der Waals surface area contributed by atoms with E-state index >= 15 is 17.6 Å². The molecule has 6 aromatic rings. The van der Waals surface area contributed by atoms with Crippen LogP contribution in [-0.4, -0.2) is 26.4 Å². The fourth-order valence-corrected chi connectivity index (χ4v) is 8.35. The molecule has 0 aliphatic carbocycles. The van der Waals surface area contributed by atoms with Gasteiger partial charge in [0.05, 0.1) is 37.2 Å². The van der Waals surface area contributed by atoms with Crippen molar-refractivity contribution in [2.75, 3.05) is 26.4 Å². The third-order valence-corrected chi connectivity index (χ3v) is 12.0. The van der Waals surface area contributed by atoms with Crippen LogP contribution in [0.25, 0.3) is 43.8 Å². The molecule has 1 atom stereocenters. The highest BCUT2D eigenvalue weighted by Crippen LogP contribution is 2.39. The average molecular weight is 927 g/mol. The van der Waals surface area contributed by atoms with Crippen LogP contribution in [0.5, 0.6) is 23.0 Å². The lowest BCUT2D eigenvalue weighted by Crippen LogP contribution is -2.03. The molecular weight excluding hydrogens is 872 g/mol. The topological polar surface area (TPSA) is 36.9 Å². The molecule has 0 aliphatic heterocycles. The molecule has 66 heavy (non-hydrogen) atoms. The van der Waals surface area contributed by atoms with Crippen LogP contribution in [0.3, 0.4) is 0 Å². The molecule has 13 heteroatoms. The second-order valence-electron chi connectivity index (χ2n) is 16.4. The van der Waals surface area contributed by atoms with Crippen LogP contribution in [0.4, 0.5) is 39.5 Å². The summed E-state index contributed by atoms with van der Waals surface area (Å²) in [6, 6.07) is 14.1. The third kappa shape index (κ3) is 11.7. The van der Waals surface area contributed by atoms with E-state index in [0.717, 1.165) is 95.2 Å². The van der Waals surface area contributed by atoms with E-state index in [1.54, 1.807) is 13.8 Å². The van der Waals surface area contributed by atoms with Crippen LogP contribution >= 0.6 is 0 Å². The van der Waals surface area contributed by atoms with Crippen molar-refractivity contribution >= 4 is 21.5 Å². The molecule has 0 aromatic heterocycles. The van der Waals surface area contributed by atoms with Crippen LogP contribution in [0.15, 0.2) is 66.7 Å². The smallest absolute Gasteiger partial charge is 0.201 e. The summed E-state index contributed by atoms with van der Waals surface area (Å²) in [6.45, 7) is 6.09. The van der Waals surface area contributed by atoms with Gasteiger partial charge in [0.1, 0.15) is 11.6 Å². The highest BCUT2D eigenvalue weighted by molar-refractivity contribution is 5.91. The zero-order chi connectivity index (χ0) is 47.3. The molecule has 0 spiro atoms. The van der Waals surface area contributed by atoms with E-state index in [0.29, 0.717) is 18.9 Å².